The summed E-state index contributed by atoms with van der Waals surface area (Å²) < 4.78 is 14.7. The van der Waals surface area contributed by atoms with E-state index >= 15 is 0 Å². The predicted molar refractivity (Wildman–Crippen MR) is 166 cm³/mol. The van der Waals surface area contributed by atoms with Gasteiger partial charge in [0.2, 0.25) is 0 Å². The lowest BCUT2D eigenvalue weighted by atomic mass is 10.0. The van der Waals surface area contributed by atoms with E-state index < -0.39 is 0 Å². The number of aromatic nitrogens is 4. The number of nitrogens with one attached hydrogen (secondary N) is 3. The second-order valence-electron chi connectivity index (χ2n) is 11.0. The number of hydrogen-bond donors (Lipinski definition) is 3. The number of anilines is 1. The van der Waals surface area contributed by atoms with E-state index in [2.05, 4.69) is 97.9 Å². The monoisotopic (exact) mass is 547 g/mol. The molecule has 3 aromatic heterocycles. The van der Waals surface area contributed by atoms with E-state index in [9.17, 15) is 4.39 Å². The molecule has 3 aromatic carbocycles. The highest BCUT2D eigenvalue weighted by molar-refractivity contribution is 6.01. The molecule has 0 aliphatic heterocycles. The molecule has 0 saturated heterocycles. The zero-order chi connectivity index (χ0) is 28.5. The Morgan fingerprint density at radius 2 is 1.61 bits per heavy atom. The minimum Gasteiger partial charge on any atom is -0.384 e. The van der Waals surface area contributed by atoms with Crippen molar-refractivity contribution in [1.29, 1.82) is 0 Å². The molecule has 0 unspecified atom stereocenters. The first kappa shape index (κ1) is 26.7. The van der Waals surface area contributed by atoms with Crippen LogP contribution < -0.4 is 5.32 Å². The van der Waals surface area contributed by atoms with Gasteiger partial charge in [0.05, 0.1) is 16.9 Å². The van der Waals surface area contributed by atoms with Gasteiger partial charge in [-0.05, 0) is 93.4 Å². The van der Waals surface area contributed by atoms with Gasteiger partial charge in [-0.25, -0.2) is 4.39 Å². The molecule has 0 atom stereocenters. The van der Waals surface area contributed by atoms with Crippen molar-refractivity contribution in [1.82, 2.24) is 30.0 Å². The highest BCUT2D eigenvalue weighted by Gasteiger charge is 2.16. The van der Waals surface area contributed by atoms with E-state index in [1.165, 1.54) is 23.3 Å². The van der Waals surface area contributed by atoms with Crippen LogP contribution >= 0.6 is 0 Å². The molecule has 0 aliphatic rings. The number of pyridine rings is 1. The molecule has 0 saturated carbocycles. The molecule has 6 rings (SSSR count). The third-order valence-corrected chi connectivity index (χ3v) is 7.18. The Kier molecular flexibility index (Phi) is 7.26. The molecule has 0 radical (unpaired) electrons. The highest BCUT2D eigenvalue weighted by Crippen LogP contribution is 2.35. The fourth-order valence-corrected chi connectivity index (χ4v) is 5.28. The molecule has 3 N–H and O–H groups in total. The number of halogens is 1. The van der Waals surface area contributed by atoms with Gasteiger partial charge >= 0.3 is 0 Å². The van der Waals surface area contributed by atoms with Crippen molar-refractivity contribution in [3.05, 3.63) is 90.4 Å². The maximum Gasteiger partial charge on any atom is 0.125 e. The number of fused-ring (bicyclic) bond motifs is 2. The third kappa shape index (κ3) is 5.70. The average Bonchev–Trinajstić information content (AvgIpc) is 3.56. The van der Waals surface area contributed by atoms with Crippen molar-refractivity contribution in [3.63, 3.8) is 0 Å². The molecule has 0 aliphatic carbocycles. The Labute approximate surface area is 239 Å². The van der Waals surface area contributed by atoms with E-state index in [4.69, 9.17) is 0 Å². The summed E-state index contributed by atoms with van der Waals surface area (Å²) in [6.45, 7) is 2.45. The van der Waals surface area contributed by atoms with E-state index in [0.717, 1.165) is 75.3 Å². The highest BCUT2D eigenvalue weighted by atomic mass is 19.1. The average molecular weight is 548 g/mol. The van der Waals surface area contributed by atoms with E-state index in [1.54, 1.807) is 6.20 Å². The Hall–Kier alpha value is -4.53. The fraction of sp³-hybridized carbons (Fsp3) is 0.212. The summed E-state index contributed by atoms with van der Waals surface area (Å²) >= 11 is 0. The SMILES string of the molecule is CN(C)CCNc1cc(F)cc(-c2nccc3[nH]c(-c4n[nH]c5ccc(-c6cccc(CN(C)C)c6)cc45)cc23)c1. The van der Waals surface area contributed by atoms with Crippen LogP contribution in [0.2, 0.25) is 0 Å². The van der Waals surface area contributed by atoms with Crippen LogP contribution in [0.25, 0.3) is 55.6 Å². The maximum atomic E-state index is 14.7. The summed E-state index contributed by atoms with van der Waals surface area (Å²) in [5, 5.41) is 13.1. The number of likely N-dealkylation sites (N-methyl/N-ethyl adjacent to an activating group) is 1. The Balaban J connectivity index is 1.37. The summed E-state index contributed by atoms with van der Waals surface area (Å²) in [6, 6.07) is 24.0. The first-order valence-corrected chi connectivity index (χ1v) is 13.7. The van der Waals surface area contributed by atoms with Gasteiger partial charge in [-0.1, -0.05) is 24.3 Å². The molecule has 3 heterocycles. The molecule has 0 bridgehead atoms. The lowest BCUT2D eigenvalue weighted by Crippen LogP contribution is -2.20. The van der Waals surface area contributed by atoms with Crippen molar-refractivity contribution in [2.24, 2.45) is 0 Å². The topological polar surface area (TPSA) is 75.9 Å². The number of nitrogens with zero attached hydrogens (tertiary/aromatic N) is 4. The van der Waals surface area contributed by atoms with E-state index in [-0.39, 0.29) is 5.82 Å². The second kappa shape index (κ2) is 11.2. The summed E-state index contributed by atoms with van der Waals surface area (Å²) in [6.07, 6.45) is 1.75. The molecule has 0 fully saturated rings. The fourth-order valence-electron chi connectivity index (χ4n) is 5.28. The largest absolute Gasteiger partial charge is 0.384 e. The number of rotatable bonds is 9. The van der Waals surface area contributed by atoms with E-state index in [0.29, 0.717) is 0 Å². The lowest BCUT2D eigenvalue weighted by molar-refractivity contribution is 0.402. The van der Waals surface area contributed by atoms with Crippen LogP contribution in [0.15, 0.2) is 79.0 Å². The zero-order valence-electron chi connectivity index (χ0n) is 23.8. The van der Waals surface area contributed by atoms with Gasteiger partial charge in [0.1, 0.15) is 11.5 Å². The Bertz CT molecular complexity index is 1830. The molecule has 208 valence electrons. The van der Waals surface area contributed by atoms with Crippen LogP contribution in [0.1, 0.15) is 5.56 Å². The lowest BCUT2D eigenvalue weighted by Gasteiger charge is -2.12. The van der Waals surface area contributed by atoms with Crippen LogP contribution in [0.4, 0.5) is 10.1 Å². The summed E-state index contributed by atoms with van der Waals surface area (Å²) in [5.41, 5.74) is 9.33. The minimum atomic E-state index is -0.301. The quantitative estimate of drug-likeness (QED) is 0.190. The smallest absolute Gasteiger partial charge is 0.125 e. The first-order valence-electron chi connectivity index (χ1n) is 13.7. The summed E-state index contributed by atoms with van der Waals surface area (Å²) in [7, 11) is 8.18. The Morgan fingerprint density at radius 3 is 2.44 bits per heavy atom. The van der Waals surface area contributed by atoms with E-state index in [1.807, 2.05) is 26.2 Å². The molecule has 0 amide bonds. The van der Waals surface area contributed by atoms with Gasteiger partial charge in [-0.3, -0.25) is 10.1 Å². The predicted octanol–water partition coefficient (Wildman–Crippen LogP) is 6.61. The van der Waals surface area contributed by atoms with Gasteiger partial charge in [0.15, 0.2) is 0 Å². The molecular weight excluding hydrogens is 513 g/mol. The molecule has 41 heavy (non-hydrogen) atoms. The normalized spacial score (nSPS) is 11.8. The first-order chi connectivity index (χ1) is 19.8. The van der Waals surface area contributed by atoms with Gasteiger partial charge < -0.3 is 20.1 Å². The van der Waals surface area contributed by atoms with Crippen molar-refractivity contribution < 1.29 is 4.39 Å². The van der Waals surface area contributed by atoms with Crippen LogP contribution in [-0.4, -0.2) is 71.2 Å². The molecule has 8 heteroatoms. The number of H-pyrrole nitrogens is 2. The van der Waals surface area contributed by atoms with Crippen LogP contribution in [-0.2, 0) is 6.54 Å². The second-order valence-corrected chi connectivity index (χ2v) is 11.0. The molecule has 0 spiro atoms. The van der Waals surface area contributed by atoms with Gasteiger partial charge in [0.25, 0.3) is 0 Å². The van der Waals surface area contributed by atoms with Crippen LogP contribution in [0.5, 0.6) is 0 Å². The van der Waals surface area contributed by atoms with Crippen LogP contribution in [0.3, 0.4) is 0 Å². The molecule has 6 aromatic rings. The van der Waals surface area contributed by atoms with Crippen molar-refractivity contribution in [2.75, 3.05) is 46.6 Å². The number of aromatic amines is 2. The Morgan fingerprint density at radius 1 is 0.780 bits per heavy atom. The molecule has 7 nitrogen and oxygen atoms in total. The third-order valence-electron chi connectivity index (χ3n) is 7.18. The number of benzene rings is 3. The van der Waals surface area contributed by atoms with Crippen LogP contribution in [0, 0.1) is 5.82 Å². The van der Waals surface area contributed by atoms with Gasteiger partial charge in [-0.2, -0.15) is 5.10 Å². The maximum absolute atomic E-state index is 14.7. The van der Waals surface area contributed by atoms with Gasteiger partial charge in [0, 0.05) is 53.4 Å². The molecular formula is C33H34FN7. The van der Waals surface area contributed by atoms with Crippen molar-refractivity contribution in [2.45, 2.75) is 6.54 Å². The van der Waals surface area contributed by atoms with Crippen molar-refractivity contribution >= 4 is 27.5 Å². The number of hydrogen-bond acceptors (Lipinski definition) is 5. The zero-order valence-corrected chi connectivity index (χ0v) is 23.8. The minimum absolute atomic E-state index is 0.301. The summed E-state index contributed by atoms with van der Waals surface area (Å²) in [4.78, 5) is 12.4. The summed E-state index contributed by atoms with van der Waals surface area (Å²) in [5.74, 6) is -0.301. The van der Waals surface area contributed by atoms with Crippen molar-refractivity contribution in [3.8, 4) is 33.8 Å². The standard InChI is InChI=1S/C33H34FN7/c1-40(2)13-12-35-26-16-24(15-25(34)18-26)32-28-19-31(37-29(28)10-11-36-32)33-27-17-23(8-9-30(27)38-39-33)22-7-5-6-21(14-22)20-41(3)4/h5-11,14-19,35,37H,12-13,20H2,1-4H3,(H,38,39). The van der Waals surface area contributed by atoms with Gasteiger partial charge in [-0.15, -0.1) is 0 Å².